The lowest BCUT2D eigenvalue weighted by atomic mass is 9.79. The molecule has 2 aromatic carbocycles. The van der Waals surface area contributed by atoms with Crippen molar-refractivity contribution in [2.45, 2.75) is 68.2 Å². The summed E-state index contributed by atoms with van der Waals surface area (Å²) in [6.45, 7) is 15.7. The molecule has 2 atom stereocenters. The highest BCUT2D eigenvalue weighted by Gasteiger charge is 2.34. The minimum absolute atomic E-state index is 0.0139. The molecule has 8 nitrogen and oxygen atoms in total. The van der Waals surface area contributed by atoms with Gasteiger partial charge in [-0.1, -0.05) is 138 Å². The van der Waals surface area contributed by atoms with E-state index in [0.717, 1.165) is 25.0 Å². The number of ether oxygens (including phenoxy) is 4. The summed E-state index contributed by atoms with van der Waals surface area (Å²) in [5.41, 5.74) is -1.80. The monoisotopic (exact) mass is 758 g/mol. The quantitative estimate of drug-likeness (QED) is 0.0911. The molecular weight excluding hydrogens is 725 g/mol. The van der Waals surface area contributed by atoms with Crippen LogP contribution in [0.4, 0.5) is 0 Å². The Morgan fingerprint density at radius 2 is 0.913 bits per heavy atom. The molecule has 0 aliphatic carbocycles. The van der Waals surface area contributed by atoms with Gasteiger partial charge in [0.1, 0.15) is 11.1 Å². The first-order valence-corrected chi connectivity index (χ1v) is 16.6. The highest BCUT2D eigenvalue weighted by Crippen LogP contribution is 2.42. The highest BCUT2D eigenvalue weighted by atomic mass is 35.5. The van der Waals surface area contributed by atoms with Gasteiger partial charge in [-0.05, 0) is 24.0 Å². The average Bonchev–Trinajstić information content (AvgIpc) is 2.99. The molecule has 0 N–H and O–H groups in total. The minimum Gasteiger partial charge on any atom is -0.461 e. The Labute approximate surface area is 299 Å². The Balaban J connectivity index is 2.41. The van der Waals surface area contributed by atoms with Crippen LogP contribution in [0.5, 0.6) is 11.5 Å². The predicted molar refractivity (Wildman–Crippen MR) is 181 cm³/mol. The Hall–Kier alpha value is -1.94. The lowest BCUT2D eigenvalue weighted by Gasteiger charge is -2.30. The van der Waals surface area contributed by atoms with Crippen LogP contribution in [0.2, 0.25) is 30.1 Å². The molecular formula is C32H36Cl6O8. The summed E-state index contributed by atoms with van der Waals surface area (Å²) < 4.78 is 21.4. The van der Waals surface area contributed by atoms with Crippen LogP contribution in [0.15, 0.2) is 12.1 Å². The predicted octanol–water partition coefficient (Wildman–Crippen LogP) is 10.6. The molecule has 0 amide bonds. The van der Waals surface area contributed by atoms with Crippen molar-refractivity contribution in [2.75, 3.05) is 13.2 Å². The summed E-state index contributed by atoms with van der Waals surface area (Å²) in [6.07, 6.45) is 1.66. The number of hydrogen-bond acceptors (Lipinski definition) is 8. The number of rotatable bonds is 12. The fourth-order valence-electron chi connectivity index (χ4n) is 4.03. The summed E-state index contributed by atoms with van der Waals surface area (Å²) in [5.74, 6) is -6.14. The van der Waals surface area contributed by atoms with Gasteiger partial charge in [0.05, 0.1) is 43.3 Å². The largest absolute Gasteiger partial charge is 0.461 e. The maximum absolute atomic E-state index is 13.2. The molecule has 0 aliphatic heterocycles. The third-order valence-corrected chi connectivity index (χ3v) is 10.4. The van der Waals surface area contributed by atoms with Crippen LogP contribution in [0.1, 0.15) is 88.9 Å². The zero-order chi connectivity index (χ0) is 35.3. The Morgan fingerprint density at radius 3 is 1.20 bits per heavy atom. The maximum Gasteiger partial charge on any atom is 0.423 e. The van der Waals surface area contributed by atoms with Crippen LogP contribution in [0.3, 0.4) is 0 Å². The summed E-state index contributed by atoms with van der Waals surface area (Å²) in [4.78, 5) is 52.4. The van der Waals surface area contributed by atoms with Crippen molar-refractivity contribution in [3.8, 4) is 11.5 Å². The van der Waals surface area contributed by atoms with Gasteiger partial charge in [0, 0.05) is 10.8 Å². The standard InChI is InChI=1S/C32H36Cl6O8/c1-9-15(3)31(5,6)13-43-27(39)21-23(37)17(33)11-19(35)25(21)45-29(41)30(42)46-26-20(36)12-18(34)24(38)22(26)28(40)44-14-32(7,8)16(4)10-2/h11-12,15-16H,9-10,13-14H2,1-8H3. The van der Waals surface area contributed by atoms with E-state index in [1.54, 1.807) is 0 Å². The molecule has 0 saturated carbocycles. The van der Waals surface area contributed by atoms with Gasteiger partial charge in [-0.2, -0.15) is 0 Å². The van der Waals surface area contributed by atoms with Gasteiger partial charge in [-0.15, -0.1) is 0 Å². The molecule has 0 bridgehead atoms. The van der Waals surface area contributed by atoms with Crippen LogP contribution in [-0.4, -0.2) is 37.1 Å². The zero-order valence-electron chi connectivity index (χ0n) is 26.7. The third-order valence-electron chi connectivity index (χ3n) is 8.26. The smallest absolute Gasteiger partial charge is 0.423 e. The van der Waals surface area contributed by atoms with E-state index in [1.165, 1.54) is 0 Å². The fourth-order valence-corrected chi connectivity index (χ4v) is 5.47. The number of benzene rings is 2. The van der Waals surface area contributed by atoms with Gasteiger partial charge in [0.25, 0.3) is 0 Å². The SMILES string of the molecule is CCC(C)C(C)(C)COC(=O)c1c(Cl)c(Cl)cc(Cl)c1OC(=O)C(=O)Oc1c(Cl)cc(Cl)c(Cl)c1C(=O)OCC(C)(C)C(C)CC. The van der Waals surface area contributed by atoms with E-state index in [2.05, 4.69) is 0 Å². The van der Waals surface area contributed by atoms with E-state index in [-0.39, 0.29) is 55.2 Å². The van der Waals surface area contributed by atoms with Crippen LogP contribution in [-0.2, 0) is 19.1 Å². The van der Waals surface area contributed by atoms with E-state index in [0.29, 0.717) is 0 Å². The van der Waals surface area contributed by atoms with Crippen molar-refractivity contribution in [2.24, 2.45) is 22.7 Å². The van der Waals surface area contributed by atoms with E-state index >= 15 is 0 Å². The Morgan fingerprint density at radius 1 is 0.609 bits per heavy atom. The second-order valence-corrected chi connectivity index (χ2v) is 14.6. The van der Waals surface area contributed by atoms with Crippen LogP contribution in [0.25, 0.3) is 0 Å². The lowest BCUT2D eigenvalue weighted by molar-refractivity contribution is -0.156. The second-order valence-electron chi connectivity index (χ2n) is 12.2. The van der Waals surface area contributed by atoms with Crippen molar-refractivity contribution < 1.29 is 38.1 Å². The molecule has 0 fully saturated rings. The van der Waals surface area contributed by atoms with Crippen LogP contribution >= 0.6 is 69.6 Å². The highest BCUT2D eigenvalue weighted by molar-refractivity contribution is 6.47. The first kappa shape index (κ1) is 40.2. The van der Waals surface area contributed by atoms with Crippen LogP contribution in [0, 0.1) is 22.7 Å². The van der Waals surface area contributed by atoms with E-state index in [9.17, 15) is 19.2 Å². The molecule has 0 spiro atoms. The van der Waals surface area contributed by atoms with Crippen molar-refractivity contribution in [3.05, 3.63) is 53.4 Å². The first-order valence-electron chi connectivity index (χ1n) is 14.3. The third kappa shape index (κ3) is 9.57. The lowest BCUT2D eigenvalue weighted by Crippen LogP contribution is -2.30. The first-order chi connectivity index (χ1) is 21.2. The molecule has 254 valence electrons. The maximum atomic E-state index is 13.2. The minimum atomic E-state index is -1.66. The Bertz CT molecular complexity index is 1390. The summed E-state index contributed by atoms with van der Waals surface area (Å²) >= 11 is 37.4. The number of hydrogen-bond donors (Lipinski definition) is 0. The number of esters is 4. The summed E-state index contributed by atoms with van der Waals surface area (Å²) in [5, 5.41) is -1.58. The van der Waals surface area contributed by atoms with E-state index in [1.807, 2.05) is 55.4 Å². The van der Waals surface area contributed by atoms with Crippen LogP contribution < -0.4 is 9.47 Å². The molecule has 0 saturated heterocycles. The molecule has 0 heterocycles. The normalized spacial score (nSPS) is 13.1. The number of halogens is 6. The summed E-state index contributed by atoms with van der Waals surface area (Å²) in [7, 11) is 0. The van der Waals surface area contributed by atoms with Gasteiger partial charge in [-0.3, -0.25) is 0 Å². The molecule has 0 aromatic heterocycles. The second kappa shape index (κ2) is 16.4. The fraction of sp³-hybridized carbons (Fsp3) is 0.500. The molecule has 0 radical (unpaired) electrons. The molecule has 2 unspecified atom stereocenters. The van der Waals surface area contributed by atoms with Crippen molar-refractivity contribution >= 4 is 93.5 Å². The molecule has 0 aliphatic rings. The van der Waals surface area contributed by atoms with Gasteiger partial charge in [-0.25, -0.2) is 19.2 Å². The number of carbonyl (C=O) groups excluding carboxylic acids is 4. The van der Waals surface area contributed by atoms with Crippen molar-refractivity contribution in [1.29, 1.82) is 0 Å². The van der Waals surface area contributed by atoms with E-state index in [4.69, 9.17) is 88.6 Å². The zero-order valence-corrected chi connectivity index (χ0v) is 31.2. The van der Waals surface area contributed by atoms with Gasteiger partial charge < -0.3 is 18.9 Å². The van der Waals surface area contributed by atoms with Crippen molar-refractivity contribution in [1.82, 2.24) is 0 Å². The molecule has 2 rings (SSSR count). The average molecular weight is 761 g/mol. The van der Waals surface area contributed by atoms with Gasteiger partial charge in [0.15, 0.2) is 11.5 Å². The molecule has 2 aromatic rings. The Kier molecular flexibility index (Phi) is 14.4. The molecule has 14 heteroatoms. The topological polar surface area (TPSA) is 105 Å². The number of carbonyl (C=O) groups is 4. The van der Waals surface area contributed by atoms with Gasteiger partial charge >= 0.3 is 23.9 Å². The van der Waals surface area contributed by atoms with Crippen molar-refractivity contribution in [3.63, 3.8) is 0 Å². The van der Waals surface area contributed by atoms with Gasteiger partial charge in [0.2, 0.25) is 0 Å². The molecule has 46 heavy (non-hydrogen) atoms. The summed E-state index contributed by atoms with van der Waals surface area (Å²) in [6, 6.07) is 2.23. The van der Waals surface area contributed by atoms with E-state index < -0.39 is 57.3 Å².